The van der Waals surface area contributed by atoms with Crippen LogP contribution in [0, 0.1) is 0 Å². The molecule has 1 unspecified atom stereocenters. The Kier molecular flexibility index (Phi) is 4.33. The standard InChI is InChI=1S/C16H19N3O4S/c1-11-7-12-8-14(24(17,21)22)4-5-15(12)19(11)10-16(20)18-9-13-3-2-6-23-13/h2-6,8,11H,7,9-10H2,1H3,(H,18,20)(H2,17,21,22). The molecule has 1 amide bonds. The summed E-state index contributed by atoms with van der Waals surface area (Å²) in [5.74, 6) is 0.567. The van der Waals surface area contributed by atoms with Crippen molar-refractivity contribution in [2.45, 2.75) is 30.8 Å². The number of carbonyl (C=O) groups is 1. The lowest BCUT2D eigenvalue weighted by atomic mass is 10.1. The Morgan fingerprint density at radius 3 is 2.88 bits per heavy atom. The van der Waals surface area contributed by atoms with Gasteiger partial charge >= 0.3 is 0 Å². The molecule has 0 saturated carbocycles. The molecule has 2 aromatic rings. The Morgan fingerprint density at radius 2 is 2.21 bits per heavy atom. The van der Waals surface area contributed by atoms with E-state index in [0.29, 0.717) is 18.7 Å². The first kappa shape index (κ1) is 16.5. The van der Waals surface area contributed by atoms with Gasteiger partial charge in [-0.1, -0.05) is 0 Å². The first-order valence-corrected chi connectivity index (χ1v) is 9.10. The van der Waals surface area contributed by atoms with Gasteiger partial charge in [0.05, 0.1) is 24.2 Å². The maximum absolute atomic E-state index is 12.2. The highest BCUT2D eigenvalue weighted by Gasteiger charge is 2.28. The van der Waals surface area contributed by atoms with Crippen LogP contribution < -0.4 is 15.4 Å². The topological polar surface area (TPSA) is 106 Å². The fourth-order valence-corrected chi connectivity index (χ4v) is 3.46. The number of nitrogens with two attached hydrogens (primary N) is 1. The van der Waals surface area contributed by atoms with Crippen molar-refractivity contribution in [3.05, 3.63) is 47.9 Å². The summed E-state index contributed by atoms with van der Waals surface area (Å²) >= 11 is 0. The van der Waals surface area contributed by atoms with Crippen LogP contribution in [0.5, 0.6) is 0 Å². The van der Waals surface area contributed by atoms with Crippen LogP contribution in [0.3, 0.4) is 0 Å². The smallest absolute Gasteiger partial charge is 0.239 e. The Hall–Kier alpha value is -2.32. The molecular weight excluding hydrogens is 330 g/mol. The molecule has 2 heterocycles. The van der Waals surface area contributed by atoms with Gasteiger partial charge in [0.25, 0.3) is 0 Å². The summed E-state index contributed by atoms with van der Waals surface area (Å²) in [4.78, 5) is 14.2. The second-order valence-electron chi connectivity index (χ2n) is 5.87. The number of amides is 1. The van der Waals surface area contributed by atoms with E-state index in [2.05, 4.69) is 5.32 Å². The van der Waals surface area contributed by atoms with E-state index < -0.39 is 10.0 Å². The van der Waals surface area contributed by atoms with Gasteiger partial charge in [-0.15, -0.1) is 0 Å². The van der Waals surface area contributed by atoms with Gasteiger partial charge in [-0.2, -0.15) is 0 Å². The van der Waals surface area contributed by atoms with Crippen LogP contribution in [0.15, 0.2) is 45.9 Å². The van der Waals surface area contributed by atoms with Gasteiger partial charge in [0.1, 0.15) is 5.76 Å². The fraction of sp³-hybridized carbons (Fsp3) is 0.312. The summed E-state index contributed by atoms with van der Waals surface area (Å²) < 4.78 is 28.1. The number of hydrogen-bond acceptors (Lipinski definition) is 5. The number of primary sulfonamides is 1. The van der Waals surface area contributed by atoms with Crippen LogP contribution in [0.4, 0.5) is 5.69 Å². The molecule has 1 aliphatic heterocycles. The van der Waals surface area contributed by atoms with Crippen molar-refractivity contribution in [3.8, 4) is 0 Å². The second kappa shape index (κ2) is 6.29. The van der Waals surface area contributed by atoms with Crippen molar-refractivity contribution in [2.24, 2.45) is 5.14 Å². The van der Waals surface area contributed by atoms with Crippen LogP contribution >= 0.6 is 0 Å². The average molecular weight is 349 g/mol. The minimum Gasteiger partial charge on any atom is -0.467 e. The van der Waals surface area contributed by atoms with E-state index in [1.54, 1.807) is 30.5 Å². The van der Waals surface area contributed by atoms with Crippen molar-refractivity contribution in [3.63, 3.8) is 0 Å². The van der Waals surface area contributed by atoms with Gasteiger partial charge in [0.2, 0.25) is 15.9 Å². The Morgan fingerprint density at radius 1 is 1.42 bits per heavy atom. The van der Waals surface area contributed by atoms with E-state index >= 15 is 0 Å². The van der Waals surface area contributed by atoms with Gasteiger partial charge in [-0.3, -0.25) is 4.79 Å². The van der Waals surface area contributed by atoms with Gasteiger partial charge in [0, 0.05) is 11.7 Å². The molecule has 0 saturated heterocycles. The number of anilines is 1. The van der Waals surface area contributed by atoms with Crippen molar-refractivity contribution in [1.29, 1.82) is 0 Å². The Bertz CT molecular complexity index is 846. The maximum Gasteiger partial charge on any atom is 0.239 e. The van der Waals surface area contributed by atoms with Crippen LogP contribution in [0.25, 0.3) is 0 Å². The van der Waals surface area contributed by atoms with E-state index in [-0.39, 0.29) is 23.4 Å². The molecule has 3 N–H and O–H groups in total. The van der Waals surface area contributed by atoms with Crippen molar-refractivity contribution < 1.29 is 17.6 Å². The predicted molar refractivity (Wildman–Crippen MR) is 88.9 cm³/mol. The molecule has 1 aromatic heterocycles. The number of furan rings is 1. The van der Waals surface area contributed by atoms with Crippen molar-refractivity contribution >= 4 is 21.6 Å². The number of nitrogens with one attached hydrogen (secondary N) is 1. The van der Waals surface area contributed by atoms with Crippen LogP contribution in [-0.2, 0) is 27.8 Å². The van der Waals surface area contributed by atoms with E-state index in [0.717, 1.165) is 11.3 Å². The number of hydrogen-bond donors (Lipinski definition) is 2. The van der Waals surface area contributed by atoms with Gasteiger partial charge in [0.15, 0.2) is 0 Å². The SMILES string of the molecule is CC1Cc2cc(S(N)(=O)=O)ccc2N1CC(=O)NCc1ccco1. The number of rotatable bonds is 5. The molecule has 1 aliphatic rings. The molecule has 128 valence electrons. The quantitative estimate of drug-likeness (QED) is 0.837. The maximum atomic E-state index is 12.2. The van der Waals surface area contributed by atoms with Gasteiger partial charge in [-0.05, 0) is 49.2 Å². The molecule has 24 heavy (non-hydrogen) atoms. The van der Waals surface area contributed by atoms with Gasteiger partial charge < -0.3 is 14.6 Å². The van der Waals surface area contributed by atoms with Crippen molar-refractivity contribution in [1.82, 2.24) is 5.32 Å². The lowest BCUT2D eigenvalue weighted by Crippen LogP contribution is -2.39. The molecule has 0 bridgehead atoms. The summed E-state index contributed by atoms with van der Waals surface area (Å²) in [6.45, 7) is 2.53. The van der Waals surface area contributed by atoms with Crippen LogP contribution in [0.2, 0.25) is 0 Å². The second-order valence-corrected chi connectivity index (χ2v) is 7.43. The zero-order chi connectivity index (χ0) is 17.3. The first-order valence-electron chi connectivity index (χ1n) is 7.56. The molecule has 0 spiro atoms. The largest absolute Gasteiger partial charge is 0.467 e. The molecule has 7 nitrogen and oxygen atoms in total. The minimum absolute atomic E-state index is 0.0950. The third-order valence-corrected chi connectivity index (χ3v) is 5.00. The summed E-state index contributed by atoms with van der Waals surface area (Å²) in [5.41, 5.74) is 1.75. The summed E-state index contributed by atoms with van der Waals surface area (Å²) in [6.07, 6.45) is 2.23. The third kappa shape index (κ3) is 3.44. The van der Waals surface area contributed by atoms with Crippen LogP contribution in [0.1, 0.15) is 18.2 Å². The zero-order valence-corrected chi connectivity index (χ0v) is 14.0. The third-order valence-electron chi connectivity index (χ3n) is 4.09. The van der Waals surface area contributed by atoms with Gasteiger partial charge in [-0.25, -0.2) is 13.6 Å². The lowest BCUT2D eigenvalue weighted by Gasteiger charge is -2.24. The number of sulfonamides is 1. The van der Waals surface area contributed by atoms with Crippen molar-refractivity contribution in [2.75, 3.05) is 11.4 Å². The van der Waals surface area contributed by atoms with E-state index in [1.165, 1.54) is 6.07 Å². The van der Waals surface area contributed by atoms with E-state index in [9.17, 15) is 13.2 Å². The summed E-state index contributed by atoms with van der Waals surface area (Å²) in [6, 6.07) is 8.43. The molecule has 0 aliphatic carbocycles. The number of carbonyl (C=O) groups excluding carboxylic acids is 1. The Labute approximate surface area is 140 Å². The number of fused-ring (bicyclic) bond motifs is 1. The molecule has 0 radical (unpaired) electrons. The predicted octanol–water partition coefficient (Wildman–Crippen LogP) is 0.994. The molecule has 1 atom stereocenters. The zero-order valence-electron chi connectivity index (χ0n) is 13.2. The highest BCUT2D eigenvalue weighted by atomic mass is 32.2. The first-order chi connectivity index (χ1) is 11.3. The summed E-state index contributed by atoms with van der Waals surface area (Å²) in [7, 11) is -3.72. The fourth-order valence-electron chi connectivity index (χ4n) is 2.90. The Balaban J connectivity index is 1.70. The van der Waals surface area contributed by atoms with E-state index in [1.807, 2.05) is 11.8 Å². The molecule has 1 aromatic carbocycles. The normalized spacial score (nSPS) is 16.9. The van der Waals surface area contributed by atoms with Crippen LogP contribution in [-0.4, -0.2) is 26.9 Å². The van der Waals surface area contributed by atoms with E-state index in [4.69, 9.17) is 9.56 Å². The monoisotopic (exact) mass is 349 g/mol. The molecule has 3 rings (SSSR count). The molecule has 8 heteroatoms. The highest BCUT2D eigenvalue weighted by Crippen LogP contribution is 2.33. The lowest BCUT2D eigenvalue weighted by molar-refractivity contribution is -0.120. The average Bonchev–Trinajstić information content (AvgIpc) is 3.12. The molecule has 0 fully saturated rings. The summed E-state index contributed by atoms with van der Waals surface area (Å²) in [5, 5.41) is 7.98. The number of benzene rings is 1. The highest BCUT2D eigenvalue weighted by molar-refractivity contribution is 7.89. The molecular formula is C16H19N3O4S. The minimum atomic E-state index is -3.72. The number of nitrogens with zero attached hydrogens (tertiary/aromatic N) is 1.